The molecule has 1 aromatic carbocycles. The molecule has 0 fully saturated rings. The van der Waals surface area contributed by atoms with E-state index >= 15 is 0 Å². The third kappa shape index (κ3) is 2.65. The fraction of sp³-hybridized carbons (Fsp3) is 0.308. The number of fused-ring (bicyclic) bond motifs is 1. The third-order valence-electron chi connectivity index (χ3n) is 2.74. The normalized spacial score (nSPS) is 12.6. The standard InChI is InChI=1S/C13H17N3O/c1-9(17)4-7-16-12-3-2-10-8-15-6-5-11(10)13(12)14/h2-3,5-6,8-9,16-17H,4,7,14H2,1H3. The van der Waals surface area contributed by atoms with Gasteiger partial charge in [-0.25, -0.2) is 0 Å². The maximum Gasteiger partial charge on any atom is 0.0630 e. The second-order valence-electron chi connectivity index (χ2n) is 4.19. The van der Waals surface area contributed by atoms with Crippen molar-refractivity contribution in [2.45, 2.75) is 19.4 Å². The minimum atomic E-state index is -0.298. The van der Waals surface area contributed by atoms with E-state index in [1.165, 1.54) is 0 Å². The Bertz CT molecular complexity index is 511. The third-order valence-corrected chi connectivity index (χ3v) is 2.74. The second kappa shape index (κ2) is 5.01. The van der Waals surface area contributed by atoms with E-state index in [1.54, 1.807) is 19.3 Å². The summed E-state index contributed by atoms with van der Waals surface area (Å²) in [5.74, 6) is 0. The van der Waals surface area contributed by atoms with Crippen molar-refractivity contribution in [2.75, 3.05) is 17.6 Å². The van der Waals surface area contributed by atoms with Gasteiger partial charge in [0.05, 0.1) is 17.5 Å². The average molecular weight is 231 g/mol. The van der Waals surface area contributed by atoms with Gasteiger partial charge >= 0.3 is 0 Å². The van der Waals surface area contributed by atoms with Crippen molar-refractivity contribution in [3.63, 3.8) is 0 Å². The van der Waals surface area contributed by atoms with E-state index in [1.807, 2.05) is 18.2 Å². The van der Waals surface area contributed by atoms with Gasteiger partial charge in [0.1, 0.15) is 0 Å². The molecule has 0 aliphatic heterocycles. The molecule has 0 saturated carbocycles. The molecule has 0 spiro atoms. The zero-order chi connectivity index (χ0) is 12.3. The summed E-state index contributed by atoms with van der Waals surface area (Å²) in [7, 11) is 0. The molecule has 0 aliphatic carbocycles. The molecule has 0 radical (unpaired) electrons. The topological polar surface area (TPSA) is 71.2 Å². The second-order valence-corrected chi connectivity index (χ2v) is 4.19. The Kier molecular flexibility index (Phi) is 3.44. The number of hydrogen-bond donors (Lipinski definition) is 3. The highest BCUT2D eigenvalue weighted by Gasteiger charge is 2.04. The summed E-state index contributed by atoms with van der Waals surface area (Å²) in [4.78, 5) is 4.06. The van der Waals surface area contributed by atoms with Crippen LogP contribution in [0.15, 0.2) is 30.6 Å². The highest BCUT2D eigenvalue weighted by atomic mass is 16.3. The number of nitrogen functional groups attached to an aromatic ring is 1. The smallest absolute Gasteiger partial charge is 0.0630 e. The largest absolute Gasteiger partial charge is 0.397 e. The molecule has 2 aromatic rings. The van der Waals surface area contributed by atoms with E-state index in [9.17, 15) is 5.11 Å². The quantitative estimate of drug-likeness (QED) is 0.704. The first-order chi connectivity index (χ1) is 8.18. The highest BCUT2D eigenvalue weighted by Crippen LogP contribution is 2.27. The van der Waals surface area contributed by atoms with Crippen LogP contribution in [-0.4, -0.2) is 22.7 Å². The van der Waals surface area contributed by atoms with E-state index in [0.717, 1.165) is 22.1 Å². The van der Waals surface area contributed by atoms with E-state index in [4.69, 9.17) is 5.73 Å². The van der Waals surface area contributed by atoms with Crippen LogP contribution in [0.2, 0.25) is 0 Å². The van der Waals surface area contributed by atoms with Crippen molar-refractivity contribution >= 4 is 22.1 Å². The van der Waals surface area contributed by atoms with Gasteiger partial charge in [0.25, 0.3) is 0 Å². The van der Waals surface area contributed by atoms with E-state index < -0.39 is 0 Å². The molecule has 1 heterocycles. The zero-order valence-electron chi connectivity index (χ0n) is 9.85. The van der Waals surface area contributed by atoms with Crippen molar-refractivity contribution in [1.82, 2.24) is 4.98 Å². The van der Waals surface area contributed by atoms with Crippen LogP contribution >= 0.6 is 0 Å². The Labute approximate surface area is 100 Å². The number of benzene rings is 1. The number of aliphatic hydroxyl groups is 1. The van der Waals surface area contributed by atoms with Crippen LogP contribution in [0.5, 0.6) is 0 Å². The summed E-state index contributed by atoms with van der Waals surface area (Å²) in [6.45, 7) is 2.48. The van der Waals surface area contributed by atoms with Gasteiger partial charge < -0.3 is 16.2 Å². The van der Waals surface area contributed by atoms with E-state index in [2.05, 4.69) is 10.3 Å². The lowest BCUT2D eigenvalue weighted by molar-refractivity contribution is 0.189. The average Bonchev–Trinajstić information content (AvgIpc) is 2.32. The Balaban J connectivity index is 2.21. The van der Waals surface area contributed by atoms with Gasteiger partial charge in [-0.2, -0.15) is 0 Å². The van der Waals surface area contributed by atoms with Crippen LogP contribution in [0.25, 0.3) is 10.8 Å². The summed E-state index contributed by atoms with van der Waals surface area (Å²) in [5.41, 5.74) is 7.72. The molecule has 2 rings (SSSR count). The van der Waals surface area contributed by atoms with Gasteiger partial charge in [-0.1, -0.05) is 6.07 Å². The van der Waals surface area contributed by atoms with Crippen LogP contribution in [0.1, 0.15) is 13.3 Å². The molecule has 4 nitrogen and oxygen atoms in total. The number of rotatable bonds is 4. The number of aliphatic hydroxyl groups excluding tert-OH is 1. The van der Waals surface area contributed by atoms with Gasteiger partial charge in [0.2, 0.25) is 0 Å². The predicted molar refractivity (Wildman–Crippen MR) is 70.9 cm³/mol. The highest BCUT2D eigenvalue weighted by molar-refractivity contribution is 5.98. The fourth-order valence-electron chi connectivity index (χ4n) is 1.76. The molecule has 0 saturated heterocycles. The zero-order valence-corrected chi connectivity index (χ0v) is 9.85. The van der Waals surface area contributed by atoms with Gasteiger partial charge in [-0.3, -0.25) is 4.98 Å². The molecule has 17 heavy (non-hydrogen) atoms. The van der Waals surface area contributed by atoms with E-state index in [-0.39, 0.29) is 6.10 Å². The number of hydrogen-bond acceptors (Lipinski definition) is 4. The summed E-state index contributed by atoms with van der Waals surface area (Å²) in [5, 5.41) is 14.5. The Morgan fingerprint density at radius 3 is 3.00 bits per heavy atom. The molecule has 1 aromatic heterocycles. The Morgan fingerprint density at radius 1 is 1.41 bits per heavy atom. The summed E-state index contributed by atoms with van der Waals surface area (Å²) in [6, 6.07) is 5.84. The Morgan fingerprint density at radius 2 is 2.24 bits per heavy atom. The van der Waals surface area contributed by atoms with Crippen LogP contribution in [0, 0.1) is 0 Å². The van der Waals surface area contributed by atoms with Crippen molar-refractivity contribution in [1.29, 1.82) is 0 Å². The lowest BCUT2D eigenvalue weighted by Crippen LogP contribution is -2.10. The van der Waals surface area contributed by atoms with Crippen LogP contribution in [0.4, 0.5) is 11.4 Å². The van der Waals surface area contributed by atoms with Gasteiger partial charge in [0.15, 0.2) is 0 Å². The Hall–Kier alpha value is -1.81. The van der Waals surface area contributed by atoms with Crippen LogP contribution < -0.4 is 11.1 Å². The SMILES string of the molecule is CC(O)CCNc1ccc2cnccc2c1N. The number of anilines is 2. The van der Waals surface area contributed by atoms with Crippen molar-refractivity contribution in [3.05, 3.63) is 30.6 Å². The predicted octanol–water partition coefficient (Wildman–Crippen LogP) is 2.00. The maximum atomic E-state index is 9.19. The maximum absolute atomic E-state index is 9.19. The molecular formula is C13H17N3O. The molecule has 0 bridgehead atoms. The fourth-order valence-corrected chi connectivity index (χ4v) is 1.76. The molecule has 0 amide bonds. The number of aromatic nitrogens is 1. The van der Waals surface area contributed by atoms with Gasteiger partial charge in [0, 0.05) is 29.7 Å². The molecule has 1 atom stereocenters. The minimum absolute atomic E-state index is 0.298. The van der Waals surface area contributed by atoms with Crippen molar-refractivity contribution < 1.29 is 5.11 Å². The molecular weight excluding hydrogens is 214 g/mol. The summed E-state index contributed by atoms with van der Waals surface area (Å²) in [6.07, 6.45) is 3.94. The van der Waals surface area contributed by atoms with Crippen LogP contribution in [0.3, 0.4) is 0 Å². The summed E-state index contributed by atoms with van der Waals surface area (Å²) < 4.78 is 0. The van der Waals surface area contributed by atoms with Crippen LogP contribution in [-0.2, 0) is 0 Å². The molecule has 4 N–H and O–H groups in total. The first-order valence-corrected chi connectivity index (χ1v) is 5.72. The number of pyridine rings is 1. The van der Waals surface area contributed by atoms with Gasteiger partial charge in [-0.05, 0) is 25.5 Å². The van der Waals surface area contributed by atoms with Crippen molar-refractivity contribution in [2.24, 2.45) is 0 Å². The molecule has 4 heteroatoms. The number of nitrogens with one attached hydrogen (secondary N) is 1. The van der Waals surface area contributed by atoms with Crippen molar-refractivity contribution in [3.8, 4) is 0 Å². The summed E-state index contributed by atoms with van der Waals surface area (Å²) >= 11 is 0. The number of nitrogens with zero attached hydrogens (tertiary/aromatic N) is 1. The lowest BCUT2D eigenvalue weighted by Gasteiger charge is -2.12. The first kappa shape index (κ1) is 11.7. The molecule has 0 aliphatic rings. The first-order valence-electron chi connectivity index (χ1n) is 5.72. The van der Waals surface area contributed by atoms with Gasteiger partial charge in [-0.15, -0.1) is 0 Å². The lowest BCUT2D eigenvalue weighted by atomic mass is 10.1. The minimum Gasteiger partial charge on any atom is -0.397 e. The monoisotopic (exact) mass is 231 g/mol. The van der Waals surface area contributed by atoms with E-state index in [0.29, 0.717) is 13.0 Å². The molecule has 90 valence electrons. The molecule has 1 unspecified atom stereocenters. The number of nitrogens with two attached hydrogens (primary N) is 1.